The molecule has 0 radical (unpaired) electrons. The van der Waals surface area contributed by atoms with Crippen molar-refractivity contribution in [2.45, 2.75) is 32.8 Å². The summed E-state index contributed by atoms with van der Waals surface area (Å²) in [6.45, 7) is 4.44. The topological polar surface area (TPSA) is 38.3 Å². The minimum absolute atomic E-state index is 0.0745. The van der Waals surface area contributed by atoms with Crippen molar-refractivity contribution in [1.29, 1.82) is 0 Å². The summed E-state index contributed by atoms with van der Waals surface area (Å²) in [4.78, 5) is 12.0. The maximum absolute atomic E-state index is 12.0. The van der Waals surface area contributed by atoms with Gasteiger partial charge in [0.1, 0.15) is 5.75 Å². The molecule has 0 saturated heterocycles. The largest absolute Gasteiger partial charge is 0.481 e. The molecule has 3 heteroatoms. The summed E-state index contributed by atoms with van der Waals surface area (Å²) < 4.78 is 5.66. The number of amides is 1. The van der Waals surface area contributed by atoms with Gasteiger partial charge >= 0.3 is 0 Å². The summed E-state index contributed by atoms with van der Waals surface area (Å²) in [5, 5.41) is 2.92. The number of benzene rings is 2. The molecular weight excluding hydrogens is 274 g/mol. The predicted octanol–water partition coefficient (Wildman–Crippen LogP) is 3.51. The molecule has 0 aliphatic heterocycles. The van der Waals surface area contributed by atoms with Crippen LogP contribution in [0.4, 0.5) is 0 Å². The van der Waals surface area contributed by atoms with E-state index in [4.69, 9.17) is 4.74 Å². The highest BCUT2D eigenvalue weighted by atomic mass is 16.5. The van der Waals surface area contributed by atoms with Gasteiger partial charge in [0.25, 0.3) is 5.91 Å². The van der Waals surface area contributed by atoms with Crippen molar-refractivity contribution >= 4 is 5.91 Å². The summed E-state index contributed by atoms with van der Waals surface area (Å²) >= 11 is 0. The van der Waals surface area contributed by atoms with Gasteiger partial charge in [0.05, 0.1) is 0 Å². The first-order valence-electron chi connectivity index (χ1n) is 7.70. The molecule has 1 amide bonds. The first kappa shape index (κ1) is 16.1. The Morgan fingerprint density at radius 1 is 1.14 bits per heavy atom. The third-order valence-corrected chi connectivity index (χ3v) is 3.46. The van der Waals surface area contributed by atoms with Crippen molar-refractivity contribution in [2.75, 3.05) is 6.54 Å². The minimum atomic E-state index is -0.487. The van der Waals surface area contributed by atoms with Gasteiger partial charge < -0.3 is 10.1 Å². The van der Waals surface area contributed by atoms with Crippen molar-refractivity contribution < 1.29 is 9.53 Å². The maximum atomic E-state index is 12.0. The minimum Gasteiger partial charge on any atom is -0.481 e. The quantitative estimate of drug-likeness (QED) is 0.794. The highest BCUT2D eigenvalue weighted by Crippen LogP contribution is 2.14. The third-order valence-electron chi connectivity index (χ3n) is 3.46. The average molecular weight is 297 g/mol. The molecule has 0 saturated carbocycles. The van der Waals surface area contributed by atoms with E-state index in [0.29, 0.717) is 6.54 Å². The zero-order valence-corrected chi connectivity index (χ0v) is 13.2. The molecule has 0 heterocycles. The van der Waals surface area contributed by atoms with Crippen LogP contribution in [0.25, 0.3) is 0 Å². The first-order valence-corrected chi connectivity index (χ1v) is 7.70. The molecule has 1 unspecified atom stereocenters. The van der Waals surface area contributed by atoms with Crippen molar-refractivity contribution in [1.82, 2.24) is 5.32 Å². The van der Waals surface area contributed by atoms with E-state index in [2.05, 4.69) is 17.4 Å². The lowest BCUT2D eigenvalue weighted by Gasteiger charge is -2.15. The molecule has 2 rings (SSSR count). The number of nitrogens with one attached hydrogen (secondary N) is 1. The van der Waals surface area contributed by atoms with Crippen molar-refractivity contribution in [2.24, 2.45) is 0 Å². The number of aryl methyl sites for hydroxylation is 2. The lowest BCUT2D eigenvalue weighted by atomic mass is 10.1. The van der Waals surface area contributed by atoms with Crippen molar-refractivity contribution in [3.63, 3.8) is 0 Å². The Kier molecular flexibility index (Phi) is 6.01. The van der Waals surface area contributed by atoms with Gasteiger partial charge in [-0.2, -0.15) is 0 Å². The lowest BCUT2D eigenvalue weighted by molar-refractivity contribution is -0.127. The van der Waals surface area contributed by atoms with Crippen LogP contribution in [-0.2, 0) is 11.2 Å². The van der Waals surface area contributed by atoms with Gasteiger partial charge in [-0.25, -0.2) is 0 Å². The smallest absolute Gasteiger partial charge is 0.260 e. The molecule has 0 aliphatic rings. The Morgan fingerprint density at radius 3 is 2.64 bits per heavy atom. The van der Waals surface area contributed by atoms with Gasteiger partial charge in [-0.05, 0) is 49.9 Å². The van der Waals surface area contributed by atoms with Gasteiger partial charge in [0.15, 0.2) is 6.10 Å². The van der Waals surface area contributed by atoms with Gasteiger partial charge in [0.2, 0.25) is 0 Å². The predicted molar refractivity (Wildman–Crippen MR) is 89.0 cm³/mol. The van der Waals surface area contributed by atoms with E-state index in [1.807, 2.05) is 49.4 Å². The van der Waals surface area contributed by atoms with Crippen LogP contribution in [0.1, 0.15) is 24.5 Å². The Morgan fingerprint density at radius 2 is 1.91 bits per heavy atom. The SMILES string of the molecule is Cc1cccc(OC(C)C(=O)NCCCc2ccccc2)c1. The van der Waals surface area contributed by atoms with Crippen LogP contribution in [0, 0.1) is 6.92 Å². The Labute approximate surface area is 132 Å². The van der Waals surface area contributed by atoms with Crippen LogP contribution >= 0.6 is 0 Å². The molecule has 0 spiro atoms. The first-order chi connectivity index (χ1) is 10.6. The number of hydrogen-bond acceptors (Lipinski definition) is 2. The normalized spacial score (nSPS) is 11.7. The van der Waals surface area contributed by atoms with E-state index in [1.165, 1.54) is 5.56 Å². The van der Waals surface area contributed by atoms with Gasteiger partial charge in [-0.3, -0.25) is 4.79 Å². The fourth-order valence-electron chi connectivity index (χ4n) is 2.24. The lowest BCUT2D eigenvalue weighted by Crippen LogP contribution is -2.36. The van der Waals surface area contributed by atoms with Gasteiger partial charge in [-0.15, -0.1) is 0 Å². The maximum Gasteiger partial charge on any atom is 0.260 e. The van der Waals surface area contributed by atoms with E-state index < -0.39 is 6.10 Å². The van der Waals surface area contributed by atoms with Crippen LogP contribution in [0.15, 0.2) is 54.6 Å². The van der Waals surface area contributed by atoms with E-state index >= 15 is 0 Å². The Balaban J connectivity index is 1.70. The molecular formula is C19H23NO2. The highest BCUT2D eigenvalue weighted by molar-refractivity contribution is 5.80. The molecule has 22 heavy (non-hydrogen) atoms. The molecule has 2 aromatic carbocycles. The summed E-state index contributed by atoms with van der Waals surface area (Å²) in [6.07, 6.45) is 1.40. The molecule has 0 aromatic heterocycles. The Bertz CT molecular complexity index is 595. The van der Waals surface area contributed by atoms with Crippen LogP contribution < -0.4 is 10.1 Å². The zero-order chi connectivity index (χ0) is 15.8. The summed E-state index contributed by atoms with van der Waals surface area (Å²) in [5.74, 6) is 0.654. The van der Waals surface area contributed by atoms with E-state index in [-0.39, 0.29) is 5.91 Å². The summed E-state index contributed by atoms with van der Waals surface area (Å²) in [6, 6.07) is 18.0. The number of carbonyl (C=O) groups excluding carboxylic acids is 1. The van der Waals surface area contributed by atoms with E-state index in [9.17, 15) is 4.79 Å². The number of carbonyl (C=O) groups is 1. The number of rotatable bonds is 7. The van der Waals surface area contributed by atoms with Crippen LogP contribution in [0.2, 0.25) is 0 Å². The highest BCUT2D eigenvalue weighted by Gasteiger charge is 2.13. The summed E-state index contributed by atoms with van der Waals surface area (Å²) in [7, 11) is 0. The second-order valence-corrected chi connectivity index (χ2v) is 5.46. The van der Waals surface area contributed by atoms with Crippen LogP contribution in [0.5, 0.6) is 5.75 Å². The monoisotopic (exact) mass is 297 g/mol. The molecule has 1 atom stereocenters. The third kappa shape index (κ3) is 5.24. The van der Waals surface area contributed by atoms with Crippen molar-refractivity contribution in [3.05, 3.63) is 65.7 Å². The average Bonchev–Trinajstić information content (AvgIpc) is 2.52. The molecule has 1 N–H and O–H groups in total. The van der Waals surface area contributed by atoms with Crippen LogP contribution in [0.3, 0.4) is 0 Å². The number of ether oxygens (including phenoxy) is 1. The fourth-order valence-corrected chi connectivity index (χ4v) is 2.24. The molecule has 0 aliphatic carbocycles. The fraction of sp³-hybridized carbons (Fsp3) is 0.316. The molecule has 3 nitrogen and oxygen atoms in total. The van der Waals surface area contributed by atoms with Crippen molar-refractivity contribution in [3.8, 4) is 5.75 Å². The summed E-state index contributed by atoms with van der Waals surface area (Å²) in [5.41, 5.74) is 2.41. The second-order valence-electron chi connectivity index (χ2n) is 5.46. The van der Waals surface area contributed by atoms with Gasteiger partial charge in [0, 0.05) is 6.54 Å². The molecule has 0 fully saturated rings. The zero-order valence-electron chi connectivity index (χ0n) is 13.2. The number of hydrogen-bond donors (Lipinski definition) is 1. The molecule has 2 aromatic rings. The molecule has 116 valence electrons. The Hall–Kier alpha value is -2.29. The van der Waals surface area contributed by atoms with E-state index in [1.54, 1.807) is 6.92 Å². The second kappa shape index (κ2) is 8.23. The van der Waals surface area contributed by atoms with Gasteiger partial charge in [-0.1, -0.05) is 42.5 Å². The van der Waals surface area contributed by atoms with Crippen LogP contribution in [-0.4, -0.2) is 18.6 Å². The standard InChI is InChI=1S/C19H23NO2/c1-15-8-6-12-18(14-15)22-16(2)19(21)20-13-7-11-17-9-4-3-5-10-17/h3-6,8-10,12,14,16H,7,11,13H2,1-2H3,(H,20,21). The van der Waals surface area contributed by atoms with E-state index in [0.717, 1.165) is 24.2 Å². The molecule has 0 bridgehead atoms.